The predicted molar refractivity (Wildman–Crippen MR) is 81.3 cm³/mol. The van der Waals surface area contributed by atoms with E-state index in [0.717, 1.165) is 20.0 Å². The van der Waals surface area contributed by atoms with Gasteiger partial charge in [0.1, 0.15) is 5.75 Å². The standard InChI is InChI=1S/C7H10N3O2P3.CH2Cl2/c1-11-6-2-4-7(5-3-6)12-10-14-8-13-9-15-10;2-1-3/h2-5,8,13-14H,1H3;1H2. The minimum absolute atomic E-state index is 0.194. The first-order valence-corrected chi connectivity index (χ1v) is 8.47. The van der Waals surface area contributed by atoms with Crippen LogP contribution >= 0.6 is 48.7 Å². The number of ether oxygens (including phenoxy) is 1. The van der Waals surface area contributed by atoms with Gasteiger partial charge in [-0.05, 0) is 24.3 Å². The van der Waals surface area contributed by atoms with Crippen molar-refractivity contribution in [3.63, 3.8) is 0 Å². The van der Waals surface area contributed by atoms with Gasteiger partial charge in [-0.15, -0.1) is 27.5 Å². The van der Waals surface area contributed by atoms with Crippen molar-refractivity contribution < 1.29 is 9.57 Å². The highest BCUT2D eigenvalue weighted by atomic mass is 35.5. The number of halogens is 2. The molecule has 2 atom stereocenters. The molecule has 1 aromatic heterocycles. The van der Waals surface area contributed by atoms with Crippen molar-refractivity contribution in [3.8, 4) is 11.5 Å². The van der Waals surface area contributed by atoms with Crippen LogP contribution in [0.1, 0.15) is 0 Å². The Morgan fingerprint density at radius 1 is 1.33 bits per heavy atom. The first-order valence-electron chi connectivity index (χ1n) is 4.70. The Balaban J connectivity index is 0.000000492. The zero-order valence-electron chi connectivity index (χ0n) is 9.43. The first-order chi connectivity index (χ1) is 8.80. The molecule has 0 aliphatic carbocycles. The van der Waals surface area contributed by atoms with E-state index in [1.165, 1.54) is 0 Å². The smallest absolute Gasteiger partial charge is 0.182 e. The predicted octanol–water partition coefficient (Wildman–Crippen LogP) is 4.25. The molecule has 2 aromatic rings. The molecular formula is C8H12Cl2N3O2P3. The van der Waals surface area contributed by atoms with E-state index in [1.807, 2.05) is 24.3 Å². The van der Waals surface area contributed by atoms with Crippen LogP contribution in [-0.4, -0.2) is 25.7 Å². The fourth-order valence-electron chi connectivity index (χ4n) is 0.961. The van der Waals surface area contributed by atoms with Crippen LogP contribution in [0.25, 0.3) is 0 Å². The largest absolute Gasteiger partial charge is 0.497 e. The third kappa shape index (κ3) is 6.04. The normalized spacial score (nSPS) is 10.4. The molecule has 10 heteroatoms. The maximum absolute atomic E-state index is 5.58. The van der Waals surface area contributed by atoms with Crippen molar-refractivity contribution in [1.82, 2.24) is 13.3 Å². The van der Waals surface area contributed by atoms with Gasteiger partial charge in [0.05, 0.1) is 21.0 Å². The highest BCUT2D eigenvalue weighted by molar-refractivity contribution is 7.44. The molecule has 0 saturated carbocycles. The second-order valence-corrected chi connectivity index (χ2v) is 7.06. The molecule has 0 fully saturated rings. The first kappa shape index (κ1) is 15.8. The Labute approximate surface area is 120 Å². The van der Waals surface area contributed by atoms with Crippen molar-refractivity contribution in [2.45, 2.75) is 0 Å². The fraction of sp³-hybridized carbons (Fsp3) is 0.250. The average molecular weight is 346 g/mol. The summed E-state index contributed by atoms with van der Waals surface area (Å²) in [6.07, 6.45) is 0. The lowest BCUT2D eigenvalue weighted by molar-refractivity contribution is 0.276. The molecule has 100 valence electrons. The van der Waals surface area contributed by atoms with Crippen LogP contribution in [0.3, 0.4) is 0 Å². The minimum atomic E-state index is 0.194. The minimum Gasteiger partial charge on any atom is -0.497 e. The van der Waals surface area contributed by atoms with E-state index in [-0.39, 0.29) is 5.34 Å². The number of rotatable bonds is 3. The number of nitrogens with zero attached hydrogens (tertiary/aromatic N) is 2. The van der Waals surface area contributed by atoms with Gasteiger partial charge in [0.15, 0.2) is 14.3 Å². The van der Waals surface area contributed by atoms with Gasteiger partial charge in [0, 0.05) is 8.51 Å². The highest BCUT2D eigenvalue weighted by Gasteiger charge is 1.95. The second-order valence-electron chi connectivity index (χ2n) is 2.68. The van der Waals surface area contributed by atoms with Gasteiger partial charge in [-0.1, -0.05) is 0 Å². The second kappa shape index (κ2) is 9.61. The molecule has 0 amide bonds. The van der Waals surface area contributed by atoms with Crippen molar-refractivity contribution in [1.29, 1.82) is 0 Å². The molecule has 1 heterocycles. The molecule has 0 radical (unpaired) electrons. The number of aromatic nitrogens is 3. The molecule has 0 bridgehead atoms. The summed E-state index contributed by atoms with van der Waals surface area (Å²) >= 11 is 9.53. The molecule has 2 rings (SSSR count). The van der Waals surface area contributed by atoms with Gasteiger partial charge in [-0.3, -0.25) is 0 Å². The Hall–Kier alpha value is -0.300. The van der Waals surface area contributed by atoms with Gasteiger partial charge in [0.25, 0.3) is 0 Å². The maximum Gasteiger partial charge on any atom is 0.182 e. The lowest BCUT2D eigenvalue weighted by Gasteiger charge is -2.06. The summed E-state index contributed by atoms with van der Waals surface area (Å²) in [4.78, 5) is 5.58. The molecule has 1 aromatic carbocycles. The quantitative estimate of drug-likeness (QED) is 0.846. The monoisotopic (exact) mass is 345 g/mol. The van der Waals surface area contributed by atoms with Crippen LogP contribution < -0.4 is 9.57 Å². The number of nitrogens with one attached hydrogen (secondary N) is 1. The van der Waals surface area contributed by atoms with Crippen molar-refractivity contribution >= 4 is 48.7 Å². The number of methoxy groups -OCH3 is 1. The van der Waals surface area contributed by atoms with Gasteiger partial charge in [0.2, 0.25) is 0 Å². The molecule has 0 aliphatic rings. The van der Waals surface area contributed by atoms with Crippen LogP contribution in [0, 0.1) is 0 Å². The topological polar surface area (TPSA) is 52.1 Å². The van der Waals surface area contributed by atoms with E-state index in [2.05, 4.69) is 9.02 Å². The Morgan fingerprint density at radius 2 is 1.94 bits per heavy atom. The van der Waals surface area contributed by atoms with E-state index in [4.69, 9.17) is 32.8 Å². The van der Waals surface area contributed by atoms with E-state index in [1.54, 1.807) is 11.4 Å². The third-order valence-corrected chi connectivity index (χ3v) is 4.38. The van der Waals surface area contributed by atoms with Gasteiger partial charge in [-0.25, -0.2) is 0 Å². The van der Waals surface area contributed by atoms with Crippen LogP contribution in [0.15, 0.2) is 24.3 Å². The van der Waals surface area contributed by atoms with Crippen LogP contribution in [0.5, 0.6) is 11.5 Å². The van der Waals surface area contributed by atoms with Crippen LogP contribution in [0.2, 0.25) is 0 Å². The highest BCUT2D eigenvalue weighted by Crippen LogP contribution is 2.20. The summed E-state index contributed by atoms with van der Waals surface area (Å²) in [5.74, 6) is 1.61. The van der Waals surface area contributed by atoms with Crippen molar-refractivity contribution in [2.24, 2.45) is 0 Å². The van der Waals surface area contributed by atoms with E-state index >= 15 is 0 Å². The summed E-state index contributed by atoms with van der Waals surface area (Å²) < 4.78 is 14.1. The molecule has 1 N–H and O–H groups in total. The van der Waals surface area contributed by atoms with Gasteiger partial charge >= 0.3 is 0 Å². The molecule has 18 heavy (non-hydrogen) atoms. The fourth-order valence-corrected chi connectivity index (χ4v) is 4.01. The van der Waals surface area contributed by atoms with Crippen molar-refractivity contribution in [2.75, 3.05) is 12.4 Å². The molecule has 0 saturated heterocycles. The van der Waals surface area contributed by atoms with E-state index in [9.17, 15) is 0 Å². The van der Waals surface area contributed by atoms with E-state index in [0.29, 0.717) is 17.0 Å². The molecule has 2 unspecified atom stereocenters. The maximum atomic E-state index is 5.58. The lowest BCUT2D eigenvalue weighted by atomic mass is 10.3. The van der Waals surface area contributed by atoms with Crippen LogP contribution in [-0.2, 0) is 0 Å². The average Bonchev–Trinajstić information content (AvgIpc) is 2.42. The number of H-pyrrole nitrogens is 1. The number of hydrogen-bond donors (Lipinski definition) is 1. The molecular weight excluding hydrogens is 334 g/mol. The molecule has 0 aliphatic heterocycles. The van der Waals surface area contributed by atoms with Crippen molar-refractivity contribution in [3.05, 3.63) is 24.3 Å². The lowest BCUT2D eigenvalue weighted by Crippen LogP contribution is -1.97. The zero-order valence-corrected chi connectivity index (χ0v) is 13.8. The number of alkyl halides is 2. The SMILES string of the molecule is COc1ccc(On2pn[pH][nH][pH]2)cc1.ClCCl. The molecule has 0 spiro atoms. The summed E-state index contributed by atoms with van der Waals surface area (Å²) in [6.45, 7) is 0. The number of hydrogen-bond acceptors (Lipinski definition) is 3. The van der Waals surface area contributed by atoms with Crippen LogP contribution in [0.4, 0.5) is 0 Å². The Kier molecular flexibility index (Phi) is 8.41. The molecule has 5 nitrogen and oxygen atoms in total. The third-order valence-electron chi connectivity index (χ3n) is 1.63. The summed E-state index contributed by atoms with van der Waals surface area (Å²) in [6, 6.07) is 7.47. The van der Waals surface area contributed by atoms with E-state index < -0.39 is 0 Å². The summed E-state index contributed by atoms with van der Waals surface area (Å²) in [5.41, 5.74) is 0. The summed E-state index contributed by atoms with van der Waals surface area (Å²) in [5, 5.41) is 0.194. The Bertz CT molecular complexity index is 449. The van der Waals surface area contributed by atoms with Gasteiger partial charge in [-0.2, -0.15) is 4.51 Å². The zero-order chi connectivity index (χ0) is 13.2. The van der Waals surface area contributed by atoms with Gasteiger partial charge < -0.3 is 14.1 Å². The Morgan fingerprint density at radius 3 is 2.44 bits per heavy atom. The number of benzene rings is 1. The number of aromatic amines is 1. The summed E-state index contributed by atoms with van der Waals surface area (Å²) in [7, 11) is 3.43.